The van der Waals surface area contributed by atoms with E-state index in [0.29, 0.717) is 22.9 Å². The van der Waals surface area contributed by atoms with Crippen LogP contribution in [-0.4, -0.2) is 33.3 Å². The Bertz CT molecular complexity index is 1230. The molecule has 0 unspecified atom stereocenters. The Kier molecular flexibility index (Phi) is 13.0. The molecule has 189 valence electrons. The number of nitrogens with zero attached hydrogens (tertiary/aromatic N) is 3. The number of quaternary nitrogens is 1. The van der Waals surface area contributed by atoms with Gasteiger partial charge in [-0.3, -0.25) is 15.1 Å². The monoisotopic (exact) mass is 544 g/mol. The summed E-state index contributed by atoms with van der Waals surface area (Å²) in [5.41, 5.74) is 8.21. The van der Waals surface area contributed by atoms with E-state index in [4.69, 9.17) is 11.6 Å². The molecule has 0 fully saturated rings. The minimum absolute atomic E-state index is 0. The normalized spacial score (nSPS) is 10.2. The maximum atomic E-state index is 10.9. The molecule has 0 bridgehead atoms. The van der Waals surface area contributed by atoms with Crippen molar-refractivity contribution in [2.45, 2.75) is 27.3 Å². The molecule has 5 N–H and O–H groups in total. The zero-order valence-electron chi connectivity index (χ0n) is 21.2. The van der Waals surface area contributed by atoms with E-state index in [1.54, 1.807) is 24.3 Å². The van der Waals surface area contributed by atoms with E-state index >= 15 is 0 Å². The first kappa shape index (κ1) is 31.5. The van der Waals surface area contributed by atoms with E-state index < -0.39 is 0 Å². The Balaban J connectivity index is 0.000000623. The standard InChI is InChI=1S/C21H24ClN3O2.C6H6N.CH3.V/c1-4-24(5-2)13-15-11-17(7-9-21(15)26)25(27)20-10-14(3)23-19-12-16(22)6-8-18(19)20;7-6-4-2-1-3-5-6;;/h6-12,26-27H,4-5,13H2,1-3H3;2-5H,7H2;1H3;/q;2*-1;+2/p+1. The SMILES string of the molecule is CCN(CC)Cc1cc(N(O)c2cc(C)nc3cc(Cl)ccc23)ccc1O.[CH3-].[NH3+]c1cc[c-]cc1.[V+2]. The molecule has 1 radical (unpaired) electrons. The third-order valence-corrected chi connectivity index (χ3v) is 5.72. The van der Waals surface area contributed by atoms with Gasteiger partial charge in [0.25, 0.3) is 0 Å². The van der Waals surface area contributed by atoms with Crippen molar-refractivity contribution >= 4 is 39.6 Å². The molecule has 0 amide bonds. The fraction of sp³-hybridized carbons (Fsp3) is 0.214. The van der Waals surface area contributed by atoms with Crippen LogP contribution in [0.3, 0.4) is 0 Å². The number of halogens is 1. The maximum absolute atomic E-state index is 10.9. The summed E-state index contributed by atoms with van der Waals surface area (Å²) in [5.74, 6) is 0.224. The third-order valence-electron chi connectivity index (χ3n) is 5.49. The molecule has 6 nitrogen and oxygen atoms in total. The molecule has 4 aromatic rings. The third kappa shape index (κ3) is 8.24. The van der Waals surface area contributed by atoms with Gasteiger partial charge in [0.1, 0.15) is 5.75 Å². The van der Waals surface area contributed by atoms with Crippen molar-refractivity contribution in [1.82, 2.24) is 9.88 Å². The van der Waals surface area contributed by atoms with Crippen LogP contribution >= 0.6 is 11.6 Å². The van der Waals surface area contributed by atoms with E-state index in [1.807, 2.05) is 49.4 Å². The predicted molar refractivity (Wildman–Crippen MR) is 144 cm³/mol. The van der Waals surface area contributed by atoms with Crippen molar-refractivity contribution in [3.8, 4) is 5.75 Å². The van der Waals surface area contributed by atoms with Crippen LogP contribution in [0.5, 0.6) is 5.75 Å². The number of pyridine rings is 1. The number of aromatic hydroxyl groups is 1. The Hall–Kier alpha value is -2.58. The van der Waals surface area contributed by atoms with Gasteiger partial charge in [-0.15, -0.1) is 12.1 Å². The van der Waals surface area contributed by atoms with Crippen molar-refractivity contribution in [2.75, 3.05) is 18.2 Å². The van der Waals surface area contributed by atoms with Crippen LogP contribution in [0.15, 0.2) is 66.7 Å². The Labute approximate surface area is 231 Å². The van der Waals surface area contributed by atoms with Gasteiger partial charge in [0.05, 0.1) is 16.9 Å². The van der Waals surface area contributed by atoms with Crippen molar-refractivity contribution < 1.29 is 34.6 Å². The molecule has 0 aliphatic heterocycles. The second-order valence-electron chi connectivity index (χ2n) is 7.94. The molecular formula is C28H34ClN4O2V+. The molecule has 0 aliphatic rings. The number of hydrogen-bond acceptors (Lipinski definition) is 5. The van der Waals surface area contributed by atoms with Gasteiger partial charge >= 0.3 is 18.6 Å². The van der Waals surface area contributed by atoms with Crippen molar-refractivity contribution in [3.63, 3.8) is 0 Å². The van der Waals surface area contributed by atoms with Crippen molar-refractivity contribution in [2.24, 2.45) is 0 Å². The number of anilines is 2. The van der Waals surface area contributed by atoms with Crippen LogP contribution in [0.4, 0.5) is 17.1 Å². The van der Waals surface area contributed by atoms with E-state index in [1.165, 1.54) is 0 Å². The van der Waals surface area contributed by atoms with Gasteiger partial charge in [-0.2, -0.15) is 18.2 Å². The summed E-state index contributed by atoms with van der Waals surface area (Å²) in [7, 11) is 0. The first-order valence-corrected chi connectivity index (χ1v) is 11.6. The summed E-state index contributed by atoms with van der Waals surface area (Å²) < 4.78 is 0. The van der Waals surface area contributed by atoms with E-state index in [0.717, 1.165) is 46.0 Å². The maximum Gasteiger partial charge on any atom is 2.00 e. The van der Waals surface area contributed by atoms with Gasteiger partial charge in [0.2, 0.25) is 0 Å². The van der Waals surface area contributed by atoms with Crippen molar-refractivity contribution in [1.29, 1.82) is 0 Å². The molecule has 36 heavy (non-hydrogen) atoms. The largest absolute Gasteiger partial charge is 2.00 e. The first-order valence-electron chi connectivity index (χ1n) is 11.2. The molecule has 0 saturated carbocycles. The summed E-state index contributed by atoms with van der Waals surface area (Å²) in [4.78, 5) is 6.70. The number of aryl methyl sites for hydroxylation is 1. The first-order chi connectivity index (χ1) is 16.3. The average Bonchev–Trinajstić information content (AvgIpc) is 2.83. The number of benzene rings is 3. The topological polar surface area (TPSA) is 87.5 Å². The summed E-state index contributed by atoms with van der Waals surface area (Å²) in [6.45, 7) is 8.43. The fourth-order valence-electron chi connectivity index (χ4n) is 3.57. The number of rotatable bonds is 6. The summed E-state index contributed by atoms with van der Waals surface area (Å²) in [6, 6.07) is 22.8. The van der Waals surface area contributed by atoms with Gasteiger partial charge in [-0.05, 0) is 62.5 Å². The Morgan fingerprint density at radius 2 is 1.67 bits per heavy atom. The van der Waals surface area contributed by atoms with Crippen LogP contribution in [0.2, 0.25) is 5.02 Å². The zero-order chi connectivity index (χ0) is 24.7. The van der Waals surface area contributed by atoms with Gasteiger partial charge in [-0.25, -0.2) is 5.06 Å². The number of fused-ring (bicyclic) bond motifs is 1. The molecular weight excluding hydrogens is 511 g/mol. The summed E-state index contributed by atoms with van der Waals surface area (Å²) in [5, 5.41) is 23.7. The van der Waals surface area contributed by atoms with Crippen molar-refractivity contribution in [3.05, 3.63) is 96.5 Å². The van der Waals surface area contributed by atoms with Gasteiger partial charge in [0, 0.05) is 33.9 Å². The molecule has 0 saturated heterocycles. The smallest absolute Gasteiger partial charge is 0.508 e. The van der Waals surface area contributed by atoms with E-state index in [2.05, 4.69) is 35.5 Å². The van der Waals surface area contributed by atoms with Crippen LogP contribution in [-0.2, 0) is 25.1 Å². The van der Waals surface area contributed by atoms with Gasteiger partial charge < -0.3 is 18.3 Å². The number of phenolic OH excluding ortho intramolecular Hbond substituents is 1. The molecule has 3 aromatic carbocycles. The molecule has 1 aromatic heterocycles. The molecule has 4 rings (SSSR count). The van der Waals surface area contributed by atoms with E-state index in [9.17, 15) is 10.3 Å². The van der Waals surface area contributed by atoms with Crippen LogP contribution in [0.25, 0.3) is 10.9 Å². The molecule has 0 spiro atoms. The minimum Gasteiger partial charge on any atom is -0.508 e. The summed E-state index contributed by atoms with van der Waals surface area (Å²) >= 11 is 6.09. The zero-order valence-corrected chi connectivity index (χ0v) is 23.4. The quantitative estimate of drug-likeness (QED) is 0.202. The molecule has 0 atom stereocenters. The number of hydrogen-bond donors (Lipinski definition) is 3. The second-order valence-corrected chi connectivity index (χ2v) is 8.38. The minimum atomic E-state index is 0. The van der Waals surface area contributed by atoms with Gasteiger partial charge in [0.15, 0.2) is 0 Å². The van der Waals surface area contributed by atoms with Gasteiger partial charge in [-0.1, -0.05) is 25.4 Å². The van der Waals surface area contributed by atoms with Crippen LogP contribution in [0, 0.1) is 20.4 Å². The van der Waals surface area contributed by atoms with Crippen LogP contribution in [0.1, 0.15) is 25.1 Å². The predicted octanol–water partition coefficient (Wildman–Crippen LogP) is 6.08. The fourth-order valence-corrected chi connectivity index (χ4v) is 3.73. The number of aromatic nitrogens is 1. The molecule has 8 heteroatoms. The van der Waals surface area contributed by atoms with E-state index in [-0.39, 0.29) is 31.7 Å². The van der Waals surface area contributed by atoms with Crippen LogP contribution < -0.4 is 10.8 Å². The molecule has 1 heterocycles. The Morgan fingerprint density at radius 3 is 2.25 bits per heavy atom. The molecule has 0 aliphatic carbocycles. The summed E-state index contributed by atoms with van der Waals surface area (Å²) in [6.07, 6.45) is 0. The average molecular weight is 545 g/mol. The second kappa shape index (κ2) is 14.9. The Morgan fingerprint density at radius 1 is 1.00 bits per heavy atom. The number of phenols is 1.